The fraction of sp³-hybridized carbons (Fsp3) is 0.393. The molecule has 1 amide bonds. The van der Waals surface area contributed by atoms with Gasteiger partial charge in [0, 0.05) is 69.1 Å². The van der Waals surface area contributed by atoms with Crippen molar-refractivity contribution in [2.24, 2.45) is 0 Å². The Morgan fingerprint density at radius 2 is 1.92 bits per heavy atom. The summed E-state index contributed by atoms with van der Waals surface area (Å²) in [6.45, 7) is 10.8. The number of thioether (sulfide) groups is 1. The second kappa shape index (κ2) is 10.8. The maximum absolute atomic E-state index is 15.2. The number of halogens is 3. The molecule has 1 aromatic heterocycles. The number of anilines is 1. The van der Waals surface area contributed by atoms with Gasteiger partial charge in [-0.3, -0.25) is 9.36 Å². The van der Waals surface area contributed by atoms with Gasteiger partial charge in [-0.2, -0.15) is 4.98 Å². The summed E-state index contributed by atoms with van der Waals surface area (Å²) in [6, 6.07) is 3.86. The average molecular weight is 667 g/mol. The summed E-state index contributed by atoms with van der Waals surface area (Å²) < 4.78 is 36.7. The van der Waals surface area contributed by atoms with Crippen molar-refractivity contribution in [2.75, 3.05) is 37.5 Å². The van der Waals surface area contributed by atoms with E-state index in [2.05, 4.69) is 16.5 Å². The number of methoxy groups -OCH3 is 1. The zero-order valence-corrected chi connectivity index (χ0v) is 25.1. The minimum absolute atomic E-state index is 0.128. The lowest BCUT2D eigenvalue weighted by molar-refractivity contribution is -0.130. The van der Waals surface area contributed by atoms with Crippen LogP contribution in [0.15, 0.2) is 40.5 Å². The maximum Gasteiger partial charge on any atom is 0.350 e. The van der Waals surface area contributed by atoms with Crippen LogP contribution < -0.4 is 10.6 Å². The van der Waals surface area contributed by atoms with Crippen molar-refractivity contribution in [2.45, 2.75) is 43.8 Å². The molecule has 1 saturated heterocycles. The molecule has 7 nitrogen and oxygen atoms in total. The monoisotopic (exact) mass is 666 g/mol. The van der Waals surface area contributed by atoms with Crippen LogP contribution in [-0.4, -0.2) is 65.0 Å². The van der Waals surface area contributed by atoms with Crippen LogP contribution in [0, 0.1) is 22.1 Å². The number of ether oxygens (including phenoxy) is 1. The minimum Gasteiger partial charge on any atom is -0.383 e. The van der Waals surface area contributed by atoms with Gasteiger partial charge in [-0.15, -0.1) is 11.8 Å². The van der Waals surface area contributed by atoms with Crippen molar-refractivity contribution < 1.29 is 18.3 Å². The van der Waals surface area contributed by atoms with E-state index in [0.29, 0.717) is 51.5 Å². The van der Waals surface area contributed by atoms with Crippen LogP contribution in [0.2, 0.25) is 0 Å². The van der Waals surface area contributed by atoms with E-state index in [1.807, 2.05) is 49.4 Å². The minimum atomic E-state index is -0.653. The third-order valence-corrected chi connectivity index (χ3v) is 9.48. The van der Waals surface area contributed by atoms with E-state index in [0.717, 1.165) is 21.9 Å². The van der Waals surface area contributed by atoms with E-state index in [-0.39, 0.29) is 24.0 Å². The van der Waals surface area contributed by atoms with Crippen molar-refractivity contribution in [1.82, 2.24) is 14.5 Å². The molecular weight excluding hydrogens is 637 g/mol. The van der Waals surface area contributed by atoms with Crippen LogP contribution in [0.1, 0.15) is 25.5 Å². The van der Waals surface area contributed by atoms with E-state index in [9.17, 15) is 14.0 Å². The first-order valence-corrected chi connectivity index (χ1v) is 14.7. The SMILES string of the molecule is C=CC(=O)N1[C@H](C)CN(c2nc(=O)n3c4c(c(-c5cc(I)c(F)cc5F)c(C)cc24)SC[C@@H]3COC)C[C@@H]1C. The Hall–Kier alpha value is -2.51. The molecule has 3 heterocycles. The Morgan fingerprint density at radius 1 is 1.23 bits per heavy atom. The van der Waals surface area contributed by atoms with Crippen molar-refractivity contribution in [1.29, 1.82) is 0 Å². The summed E-state index contributed by atoms with van der Waals surface area (Å²) in [6.07, 6.45) is 1.32. The molecule has 0 aliphatic carbocycles. The number of hydrogen-bond acceptors (Lipinski definition) is 6. The maximum atomic E-state index is 15.2. The Morgan fingerprint density at radius 3 is 2.56 bits per heavy atom. The Kier molecular flexibility index (Phi) is 7.77. The van der Waals surface area contributed by atoms with Crippen LogP contribution in [-0.2, 0) is 9.53 Å². The number of piperazine rings is 1. The first-order chi connectivity index (χ1) is 18.6. The molecule has 5 rings (SSSR count). The van der Waals surface area contributed by atoms with E-state index in [1.54, 1.807) is 28.3 Å². The Bertz CT molecular complexity index is 1550. The van der Waals surface area contributed by atoms with Gasteiger partial charge in [-0.1, -0.05) is 6.58 Å². The molecule has 1 fully saturated rings. The molecule has 0 N–H and O–H groups in total. The first kappa shape index (κ1) is 28.0. The van der Waals surface area contributed by atoms with E-state index < -0.39 is 17.3 Å². The molecule has 206 valence electrons. The molecular formula is C28H29F2IN4O3S. The highest BCUT2D eigenvalue weighted by Gasteiger charge is 2.35. The van der Waals surface area contributed by atoms with Crippen molar-refractivity contribution in [3.63, 3.8) is 0 Å². The number of carbonyl (C=O) groups excluding carboxylic acids is 1. The summed E-state index contributed by atoms with van der Waals surface area (Å²) in [5.74, 6) is -0.310. The first-order valence-electron chi connectivity index (χ1n) is 12.6. The summed E-state index contributed by atoms with van der Waals surface area (Å²) in [7, 11) is 1.59. The third-order valence-electron chi connectivity index (χ3n) is 7.41. The third kappa shape index (κ3) is 4.76. The molecule has 0 unspecified atom stereocenters. The second-order valence-electron chi connectivity index (χ2n) is 10.1. The standard InChI is InChI=1S/C28H29F2IN4O3S/c1-6-23(36)34-15(3)10-33(11-16(34)4)27-19-7-14(2)24(18-8-22(31)21(30)9-20(18)29)26-25(19)35(28(37)32-27)17(12-38-5)13-39-26/h6-9,15-17H,1,10-13H2,2-5H3/t15-,16+,17-/m0/s1. The predicted octanol–water partition coefficient (Wildman–Crippen LogP) is 5.16. The lowest BCUT2D eigenvalue weighted by Crippen LogP contribution is -2.58. The van der Waals surface area contributed by atoms with E-state index >= 15 is 4.39 Å². The molecule has 0 saturated carbocycles. The van der Waals surface area contributed by atoms with Gasteiger partial charge < -0.3 is 14.5 Å². The molecule has 0 bridgehead atoms. The molecule has 2 aliphatic rings. The van der Waals surface area contributed by atoms with Crippen molar-refractivity contribution >= 4 is 57.0 Å². The molecule has 2 aromatic carbocycles. The zero-order valence-electron chi connectivity index (χ0n) is 22.1. The lowest BCUT2D eigenvalue weighted by atomic mass is 9.96. The molecule has 39 heavy (non-hydrogen) atoms. The fourth-order valence-electron chi connectivity index (χ4n) is 5.86. The number of nitrogens with zero attached hydrogens (tertiary/aromatic N) is 4. The number of aromatic nitrogens is 2. The molecule has 0 spiro atoms. The van der Waals surface area contributed by atoms with Crippen molar-refractivity contribution in [3.8, 4) is 11.1 Å². The molecule has 3 aromatic rings. The van der Waals surface area contributed by atoms with Gasteiger partial charge in [-0.25, -0.2) is 13.6 Å². The van der Waals surface area contributed by atoms with Gasteiger partial charge in [0.05, 0.1) is 18.2 Å². The highest BCUT2D eigenvalue weighted by molar-refractivity contribution is 14.1. The number of benzene rings is 2. The Balaban J connectivity index is 1.76. The largest absolute Gasteiger partial charge is 0.383 e. The van der Waals surface area contributed by atoms with Crippen LogP contribution in [0.4, 0.5) is 14.6 Å². The lowest BCUT2D eigenvalue weighted by Gasteiger charge is -2.45. The van der Waals surface area contributed by atoms with Crippen molar-refractivity contribution in [3.05, 3.63) is 62.1 Å². The number of carbonyl (C=O) groups is 1. The summed E-state index contributed by atoms with van der Waals surface area (Å²) in [5, 5.41) is 0.777. The highest BCUT2D eigenvalue weighted by atomic mass is 127. The normalized spacial score (nSPS) is 20.9. The van der Waals surface area contributed by atoms with E-state index in [1.165, 1.54) is 12.1 Å². The van der Waals surface area contributed by atoms with Gasteiger partial charge in [0.15, 0.2) is 0 Å². The van der Waals surface area contributed by atoms with Crippen LogP contribution in [0.25, 0.3) is 22.0 Å². The van der Waals surface area contributed by atoms with Gasteiger partial charge >= 0.3 is 5.69 Å². The van der Waals surface area contributed by atoms with Gasteiger partial charge in [0.25, 0.3) is 0 Å². The highest BCUT2D eigenvalue weighted by Crippen LogP contribution is 2.46. The molecule has 0 radical (unpaired) electrons. The number of rotatable bonds is 5. The topological polar surface area (TPSA) is 67.7 Å². The zero-order chi connectivity index (χ0) is 28.2. The van der Waals surface area contributed by atoms with Crippen LogP contribution in [0.3, 0.4) is 0 Å². The van der Waals surface area contributed by atoms with Gasteiger partial charge in [-0.05, 0) is 67.1 Å². The number of aryl methyl sites for hydroxylation is 1. The summed E-state index contributed by atoms with van der Waals surface area (Å²) in [4.78, 5) is 35.3. The predicted molar refractivity (Wildman–Crippen MR) is 159 cm³/mol. The van der Waals surface area contributed by atoms with Crippen LogP contribution in [0.5, 0.6) is 0 Å². The molecule has 3 atom stereocenters. The van der Waals surface area contributed by atoms with Gasteiger partial charge in [0.2, 0.25) is 5.91 Å². The Labute approximate surface area is 243 Å². The fourth-order valence-corrected chi connectivity index (χ4v) is 7.69. The summed E-state index contributed by atoms with van der Waals surface area (Å²) >= 11 is 3.41. The van der Waals surface area contributed by atoms with Crippen LogP contribution >= 0.6 is 34.4 Å². The quantitative estimate of drug-likeness (QED) is 0.213. The molecule has 2 aliphatic heterocycles. The number of hydrogen-bond donors (Lipinski definition) is 0. The second-order valence-corrected chi connectivity index (χ2v) is 12.3. The summed E-state index contributed by atoms with van der Waals surface area (Å²) in [5.41, 5.74) is 2.00. The molecule has 11 heteroatoms. The van der Waals surface area contributed by atoms with Gasteiger partial charge in [0.1, 0.15) is 17.5 Å². The number of amides is 1. The smallest absolute Gasteiger partial charge is 0.350 e. The average Bonchev–Trinajstić information content (AvgIpc) is 2.88. The van der Waals surface area contributed by atoms with E-state index in [4.69, 9.17) is 4.74 Å².